The van der Waals surface area contributed by atoms with Crippen LogP contribution in [0.1, 0.15) is 24.1 Å². The number of anilines is 2. The van der Waals surface area contributed by atoms with Gasteiger partial charge in [-0.25, -0.2) is 0 Å². The molecule has 1 saturated heterocycles. The van der Waals surface area contributed by atoms with Gasteiger partial charge < -0.3 is 24.8 Å². The van der Waals surface area contributed by atoms with Crippen molar-refractivity contribution < 1.29 is 19.0 Å². The molecule has 180 valence electrons. The molecule has 0 radical (unpaired) electrons. The van der Waals surface area contributed by atoms with Crippen molar-refractivity contribution in [1.82, 2.24) is 5.32 Å². The Labute approximate surface area is 210 Å². The van der Waals surface area contributed by atoms with E-state index >= 15 is 0 Å². The lowest BCUT2D eigenvalue weighted by Gasteiger charge is -2.56. The van der Waals surface area contributed by atoms with E-state index < -0.39 is 17.7 Å². The second-order valence-corrected chi connectivity index (χ2v) is 9.22. The van der Waals surface area contributed by atoms with Gasteiger partial charge in [0.1, 0.15) is 11.7 Å². The number of methoxy groups -OCH3 is 2. The van der Waals surface area contributed by atoms with Gasteiger partial charge in [-0.3, -0.25) is 9.69 Å². The predicted octanol–water partition coefficient (Wildman–Crippen LogP) is 4.81. The molecular formula is C27H27N3O4S. The molecule has 1 fully saturated rings. The Hall–Kier alpha value is -3.78. The molecule has 2 N–H and O–H groups in total. The van der Waals surface area contributed by atoms with Gasteiger partial charge in [0.15, 0.2) is 22.3 Å². The Balaban J connectivity index is 1.62. The zero-order valence-electron chi connectivity index (χ0n) is 20.0. The average molecular weight is 490 g/mol. The van der Waals surface area contributed by atoms with Crippen LogP contribution in [0.4, 0.5) is 11.4 Å². The van der Waals surface area contributed by atoms with Gasteiger partial charge in [0.2, 0.25) is 5.91 Å². The maximum atomic E-state index is 13.9. The smallest absolute Gasteiger partial charge is 0.236 e. The molecule has 0 spiro atoms. The number of rotatable bonds is 5. The number of carbonyl (C=O) groups is 1. The first-order valence-corrected chi connectivity index (χ1v) is 11.7. The third-order valence-corrected chi connectivity index (χ3v) is 6.91. The molecule has 0 saturated carbocycles. The van der Waals surface area contributed by atoms with Crippen molar-refractivity contribution in [2.45, 2.75) is 25.6 Å². The molecule has 3 aromatic rings. The SMILES string of the molecule is COc1ccc(NC(=O)[C@@H]2[C@H]3NC(=S)N(c4cccc(C)c4)[C@@]2(C)Oc2c(OC)cccc23)cc1. The monoisotopic (exact) mass is 489 g/mol. The molecule has 2 aliphatic heterocycles. The summed E-state index contributed by atoms with van der Waals surface area (Å²) >= 11 is 5.82. The van der Waals surface area contributed by atoms with Crippen LogP contribution >= 0.6 is 12.2 Å². The lowest BCUT2D eigenvalue weighted by Crippen LogP contribution is -2.72. The second kappa shape index (κ2) is 8.78. The first-order chi connectivity index (χ1) is 16.9. The zero-order valence-corrected chi connectivity index (χ0v) is 20.8. The molecule has 35 heavy (non-hydrogen) atoms. The van der Waals surface area contributed by atoms with Gasteiger partial charge in [0.25, 0.3) is 0 Å². The van der Waals surface area contributed by atoms with Crippen LogP contribution in [0.15, 0.2) is 66.7 Å². The Morgan fingerprint density at radius 1 is 1.09 bits per heavy atom. The standard InChI is InChI=1S/C27H27N3O4S/c1-16-7-5-8-18(15-16)30-26(35)29-23-20-9-6-10-21(33-4)24(20)34-27(30,2)22(23)25(31)28-17-11-13-19(32-3)14-12-17/h5-15,22-23H,1-4H3,(H,28,31)(H,29,35)/t22-,23-,27-/m0/s1. The summed E-state index contributed by atoms with van der Waals surface area (Å²) in [4.78, 5) is 15.8. The first-order valence-electron chi connectivity index (χ1n) is 11.3. The second-order valence-electron chi connectivity index (χ2n) is 8.83. The normalized spacial score (nSPS) is 22.4. The molecule has 0 aromatic heterocycles. The lowest BCUT2D eigenvalue weighted by atomic mass is 9.78. The van der Waals surface area contributed by atoms with Gasteiger partial charge in [-0.2, -0.15) is 0 Å². The van der Waals surface area contributed by atoms with Crippen LogP contribution in [0.25, 0.3) is 0 Å². The fraction of sp³-hybridized carbons (Fsp3) is 0.259. The van der Waals surface area contributed by atoms with Crippen molar-refractivity contribution in [3.63, 3.8) is 0 Å². The van der Waals surface area contributed by atoms with E-state index in [1.54, 1.807) is 14.2 Å². The third-order valence-electron chi connectivity index (χ3n) is 6.61. The van der Waals surface area contributed by atoms with Gasteiger partial charge >= 0.3 is 0 Å². The Morgan fingerprint density at radius 3 is 2.51 bits per heavy atom. The minimum Gasteiger partial charge on any atom is -0.497 e. The number of amides is 1. The molecule has 0 aliphatic carbocycles. The molecule has 2 heterocycles. The summed E-state index contributed by atoms with van der Waals surface area (Å²) in [5, 5.41) is 6.97. The number of fused-ring (bicyclic) bond motifs is 4. The Morgan fingerprint density at radius 2 is 1.83 bits per heavy atom. The van der Waals surface area contributed by atoms with Crippen LogP contribution in [0.3, 0.4) is 0 Å². The molecule has 3 aromatic carbocycles. The summed E-state index contributed by atoms with van der Waals surface area (Å²) in [7, 11) is 3.21. The van der Waals surface area contributed by atoms with Crippen molar-refractivity contribution in [3.05, 3.63) is 77.9 Å². The van der Waals surface area contributed by atoms with Gasteiger partial charge in [-0.1, -0.05) is 24.3 Å². The Kier molecular flexibility index (Phi) is 5.76. The largest absolute Gasteiger partial charge is 0.497 e. The first kappa shape index (κ1) is 23.0. The van der Waals surface area contributed by atoms with Gasteiger partial charge in [-0.15, -0.1) is 0 Å². The summed E-state index contributed by atoms with van der Waals surface area (Å²) < 4.78 is 17.5. The van der Waals surface area contributed by atoms with Crippen LogP contribution in [-0.2, 0) is 4.79 Å². The number of hydrogen-bond donors (Lipinski definition) is 2. The molecule has 0 unspecified atom stereocenters. The van der Waals surface area contributed by atoms with Crippen LogP contribution in [-0.4, -0.2) is 31.0 Å². The number of nitrogens with zero attached hydrogens (tertiary/aromatic N) is 1. The molecule has 2 bridgehead atoms. The summed E-state index contributed by atoms with van der Waals surface area (Å²) in [6.07, 6.45) is 0. The van der Waals surface area contributed by atoms with E-state index in [9.17, 15) is 4.79 Å². The minimum atomic E-state index is -1.13. The summed E-state index contributed by atoms with van der Waals surface area (Å²) in [5.74, 6) is 1.09. The highest BCUT2D eigenvalue weighted by molar-refractivity contribution is 7.80. The van der Waals surface area contributed by atoms with E-state index in [1.165, 1.54) is 0 Å². The summed E-state index contributed by atoms with van der Waals surface area (Å²) in [6, 6.07) is 20.5. The highest BCUT2D eigenvalue weighted by Crippen LogP contribution is 2.52. The molecule has 5 rings (SSSR count). The summed E-state index contributed by atoms with van der Waals surface area (Å²) in [5.41, 5.74) is 2.27. The molecule has 1 amide bonds. The van der Waals surface area contributed by atoms with E-state index in [4.69, 9.17) is 26.4 Å². The van der Waals surface area contributed by atoms with Crippen molar-refractivity contribution in [2.24, 2.45) is 5.92 Å². The quantitative estimate of drug-likeness (QED) is 0.498. The number of benzene rings is 3. The molecule has 2 aliphatic rings. The molecule has 8 heteroatoms. The van der Waals surface area contributed by atoms with Gasteiger partial charge in [0.05, 0.1) is 20.3 Å². The van der Waals surface area contributed by atoms with Crippen molar-refractivity contribution >= 4 is 34.6 Å². The van der Waals surface area contributed by atoms with E-state index in [2.05, 4.69) is 10.6 Å². The number of carbonyl (C=O) groups excluding carboxylic acids is 1. The fourth-order valence-electron chi connectivity index (χ4n) is 4.98. The van der Waals surface area contributed by atoms with Crippen LogP contribution in [0.2, 0.25) is 0 Å². The zero-order chi connectivity index (χ0) is 24.7. The minimum absolute atomic E-state index is 0.191. The number of para-hydroxylation sites is 1. The van der Waals surface area contributed by atoms with Crippen molar-refractivity contribution in [1.29, 1.82) is 0 Å². The highest BCUT2D eigenvalue weighted by Gasteiger charge is 2.59. The average Bonchev–Trinajstić information content (AvgIpc) is 2.83. The summed E-state index contributed by atoms with van der Waals surface area (Å²) in [6.45, 7) is 3.92. The fourth-order valence-corrected chi connectivity index (χ4v) is 5.39. The molecule has 3 atom stereocenters. The van der Waals surface area contributed by atoms with Crippen molar-refractivity contribution in [3.8, 4) is 17.2 Å². The van der Waals surface area contributed by atoms with E-state index in [1.807, 2.05) is 85.5 Å². The van der Waals surface area contributed by atoms with E-state index in [0.717, 1.165) is 16.8 Å². The predicted molar refractivity (Wildman–Crippen MR) is 139 cm³/mol. The maximum Gasteiger partial charge on any atom is 0.236 e. The third kappa shape index (κ3) is 3.83. The van der Waals surface area contributed by atoms with Crippen molar-refractivity contribution in [2.75, 3.05) is 24.4 Å². The number of ether oxygens (including phenoxy) is 3. The molecule has 7 nitrogen and oxygen atoms in total. The molecular weight excluding hydrogens is 462 g/mol. The topological polar surface area (TPSA) is 72.1 Å². The van der Waals surface area contributed by atoms with Gasteiger partial charge in [-0.05, 0) is 74.1 Å². The number of aryl methyl sites for hydroxylation is 1. The van der Waals surface area contributed by atoms with Crippen LogP contribution in [0.5, 0.6) is 17.2 Å². The van der Waals surface area contributed by atoms with E-state index in [0.29, 0.717) is 28.0 Å². The maximum absolute atomic E-state index is 13.9. The van der Waals surface area contributed by atoms with Crippen LogP contribution < -0.4 is 29.7 Å². The number of hydrogen-bond acceptors (Lipinski definition) is 5. The van der Waals surface area contributed by atoms with Crippen LogP contribution in [0, 0.1) is 12.8 Å². The number of thiocarbonyl (C=S) groups is 1. The van der Waals surface area contributed by atoms with E-state index in [-0.39, 0.29) is 5.91 Å². The Bertz CT molecular complexity index is 1300. The lowest BCUT2D eigenvalue weighted by molar-refractivity contribution is -0.130. The highest BCUT2D eigenvalue weighted by atomic mass is 32.1. The van der Waals surface area contributed by atoms with Gasteiger partial charge in [0, 0.05) is 16.9 Å². The number of nitrogens with one attached hydrogen (secondary N) is 2.